The number of carbonyl (C=O) groups excluding carboxylic acids is 1. The Hall–Kier alpha value is -2.63. The smallest absolute Gasteiger partial charge is 0.271 e. The fourth-order valence-electron chi connectivity index (χ4n) is 1.87. The average molecular weight is 345 g/mol. The van der Waals surface area contributed by atoms with Crippen molar-refractivity contribution in [1.82, 2.24) is 5.43 Å². The normalized spacial score (nSPS) is 12.6. The number of hydrazone groups is 1. The van der Waals surface area contributed by atoms with Crippen molar-refractivity contribution in [2.75, 3.05) is 0 Å². The highest BCUT2D eigenvalue weighted by molar-refractivity contribution is 6.32. The summed E-state index contributed by atoms with van der Waals surface area (Å²) in [5.41, 5.74) is 4.40. The molecule has 0 spiro atoms. The predicted molar refractivity (Wildman–Crippen MR) is 95.3 cm³/mol. The summed E-state index contributed by atoms with van der Waals surface area (Å²) in [5, 5.41) is 22.6. The maximum atomic E-state index is 11.9. The first-order chi connectivity index (χ1) is 11.5. The van der Waals surface area contributed by atoms with Crippen molar-refractivity contribution >= 4 is 29.8 Å². The van der Waals surface area contributed by atoms with Gasteiger partial charge in [-0.3, -0.25) is 4.79 Å². The van der Waals surface area contributed by atoms with E-state index in [9.17, 15) is 15.0 Å². The van der Waals surface area contributed by atoms with E-state index in [-0.39, 0.29) is 10.8 Å². The molecule has 0 aliphatic carbocycles. The van der Waals surface area contributed by atoms with Crippen molar-refractivity contribution < 1.29 is 15.0 Å². The van der Waals surface area contributed by atoms with Gasteiger partial charge in [-0.1, -0.05) is 42.0 Å². The Bertz CT molecular complexity index is 786. The lowest BCUT2D eigenvalue weighted by Gasteiger charge is -2.02. The number of halogens is 1. The molecule has 1 atom stereocenters. The quantitative estimate of drug-likeness (QED) is 0.575. The molecular weight excluding hydrogens is 328 g/mol. The van der Waals surface area contributed by atoms with E-state index in [1.54, 1.807) is 19.1 Å². The molecule has 24 heavy (non-hydrogen) atoms. The zero-order chi connectivity index (χ0) is 17.5. The Kier molecular flexibility index (Phi) is 6.12. The number of phenols is 1. The van der Waals surface area contributed by atoms with E-state index in [1.165, 1.54) is 24.4 Å². The Balaban J connectivity index is 2.02. The molecule has 1 amide bonds. The molecule has 6 heteroatoms. The number of benzene rings is 2. The molecule has 0 heterocycles. The van der Waals surface area contributed by atoms with Crippen LogP contribution in [-0.2, 0) is 0 Å². The van der Waals surface area contributed by atoms with Crippen LogP contribution in [0.3, 0.4) is 0 Å². The second-order valence-corrected chi connectivity index (χ2v) is 5.54. The number of aliphatic hydroxyl groups excluding tert-OH is 1. The first-order valence-corrected chi connectivity index (χ1v) is 7.62. The minimum absolute atomic E-state index is 0.0845. The van der Waals surface area contributed by atoms with Gasteiger partial charge in [0.25, 0.3) is 5.91 Å². The number of amides is 1. The molecule has 1 unspecified atom stereocenters. The highest BCUT2D eigenvalue weighted by Gasteiger charge is 2.07. The van der Waals surface area contributed by atoms with Crippen LogP contribution in [-0.4, -0.2) is 28.4 Å². The standard InChI is InChI=1S/C18H17ClN2O3/c1-12(22)5-6-13-3-2-4-14(9-13)11-20-21-18(24)15-7-8-17(23)16(19)10-15/h2-12,22-23H,1H3,(H,21,24)/b6-5+,20-11+. The number of aliphatic hydroxyl groups is 1. The van der Waals surface area contributed by atoms with Crippen molar-refractivity contribution in [2.45, 2.75) is 13.0 Å². The van der Waals surface area contributed by atoms with Crippen molar-refractivity contribution in [2.24, 2.45) is 5.10 Å². The molecule has 0 saturated carbocycles. The van der Waals surface area contributed by atoms with Gasteiger partial charge in [0.1, 0.15) is 5.75 Å². The Morgan fingerprint density at radius 1 is 1.25 bits per heavy atom. The second kappa shape index (κ2) is 8.29. The van der Waals surface area contributed by atoms with Gasteiger partial charge >= 0.3 is 0 Å². The summed E-state index contributed by atoms with van der Waals surface area (Å²) in [5.74, 6) is -0.517. The molecule has 0 bridgehead atoms. The Morgan fingerprint density at radius 2 is 2.00 bits per heavy atom. The van der Waals surface area contributed by atoms with Gasteiger partial charge in [-0.15, -0.1) is 0 Å². The van der Waals surface area contributed by atoms with Gasteiger partial charge in [-0.05, 0) is 42.3 Å². The number of nitrogens with zero attached hydrogens (tertiary/aromatic N) is 1. The lowest BCUT2D eigenvalue weighted by atomic mass is 10.1. The maximum Gasteiger partial charge on any atom is 0.271 e. The molecular formula is C18H17ClN2O3. The minimum Gasteiger partial charge on any atom is -0.506 e. The van der Waals surface area contributed by atoms with Gasteiger partial charge in [0, 0.05) is 5.56 Å². The van der Waals surface area contributed by atoms with Crippen molar-refractivity contribution in [3.05, 3.63) is 70.3 Å². The van der Waals surface area contributed by atoms with E-state index in [0.29, 0.717) is 5.56 Å². The number of rotatable bonds is 5. The number of hydrogen-bond donors (Lipinski definition) is 3. The molecule has 124 valence electrons. The molecule has 0 saturated heterocycles. The fourth-order valence-corrected chi connectivity index (χ4v) is 2.05. The van der Waals surface area contributed by atoms with Gasteiger partial charge in [0.05, 0.1) is 17.3 Å². The third kappa shape index (κ3) is 5.22. The second-order valence-electron chi connectivity index (χ2n) is 5.14. The van der Waals surface area contributed by atoms with Gasteiger partial charge in [-0.25, -0.2) is 5.43 Å². The summed E-state index contributed by atoms with van der Waals surface area (Å²) in [6.45, 7) is 1.67. The van der Waals surface area contributed by atoms with Crippen molar-refractivity contribution in [3.63, 3.8) is 0 Å². The van der Waals surface area contributed by atoms with E-state index in [4.69, 9.17) is 11.6 Å². The number of aromatic hydroxyl groups is 1. The monoisotopic (exact) mass is 344 g/mol. The van der Waals surface area contributed by atoms with Crippen LogP contribution in [0.4, 0.5) is 0 Å². The summed E-state index contributed by atoms with van der Waals surface area (Å²) < 4.78 is 0. The Labute approximate surface area is 144 Å². The third-order valence-corrected chi connectivity index (χ3v) is 3.37. The summed E-state index contributed by atoms with van der Waals surface area (Å²) >= 11 is 5.76. The van der Waals surface area contributed by atoms with E-state index >= 15 is 0 Å². The third-order valence-electron chi connectivity index (χ3n) is 3.07. The minimum atomic E-state index is -0.515. The molecule has 2 rings (SSSR count). The van der Waals surface area contributed by atoms with Crippen LogP contribution in [0.2, 0.25) is 5.02 Å². The topological polar surface area (TPSA) is 81.9 Å². The molecule has 5 nitrogen and oxygen atoms in total. The van der Waals surface area contributed by atoms with Crippen molar-refractivity contribution in [3.8, 4) is 5.75 Å². The number of carbonyl (C=O) groups is 1. The molecule has 0 radical (unpaired) electrons. The Morgan fingerprint density at radius 3 is 2.71 bits per heavy atom. The maximum absolute atomic E-state index is 11.9. The lowest BCUT2D eigenvalue weighted by molar-refractivity contribution is 0.0955. The van der Waals surface area contributed by atoms with Crippen LogP contribution in [0, 0.1) is 0 Å². The average Bonchev–Trinajstić information content (AvgIpc) is 2.56. The highest BCUT2D eigenvalue weighted by atomic mass is 35.5. The van der Waals surface area contributed by atoms with E-state index in [0.717, 1.165) is 11.1 Å². The largest absolute Gasteiger partial charge is 0.506 e. The van der Waals surface area contributed by atoms with Gasteiger partial charge in [-0.2, -0.15) is 5.10 Å². The van der Waals surface area contributed by atoms with E-state index in [2.05, 4.69) is 10.5 Å². The zero-order valence-electron chi connectivity index (χ0n) is 13.0. The molecule has 0 aromatic heterocycles. The molecule has 2 aromatic rings. The van der Waals surface area contributed by atoms with E-state index in [1.807, 2.05) is 24.3 Å². The molecule has 3 N–H and O–H groups in total. The summed E-state index contributed by atoms with van der Waals surface area (Å²) in [4.78, 5) is 11.9. The van der Waals surface area contributed by atoms with Crippen LogP contribution < -0.4 is 5.43 Å². The van der Waals surface area contributed by atoms with Crippen LogP contribution in [0.15, 0.2) is 53.6 Å². The highest BCUT2D eigenvalue weighted by Crippen LogP contribution is 2.23. The molecule has 0 fully saturated rings. The lowest BCUT2D eigenvalue weighted by Crippen LogP contribution is -2.17. The van der Waals surface area contributed by atoms with Crippen molar-refractivity contribution in [1.29, 1.82) is 0 Å². The number of hydrogen-bond acceptors (Lipinski definition) is 4. The van der Waals surface area contributed by atoms with E-state index < -0.39 is 12.0 Å². The first kappa shape index (κ1) is 17.7. The molecule has 0 aliphatic rings. The van der Waals surface area contributed by atoms with Crippen LogP contribution in [0.1, 0.15) is 28.4 Å². The van der Waals surface area contributed by atoms with Crippen LogP contribution >= 0.6 is 11.6 Å². The summed E-state index contributed by atoms with van der Waals surface area (Å²) in [7, 11) is 0. The SMILES string of the molecule is CC(O)/C=C/c1cccc(/C=N/NC(=O)c2ccc(O)c(Cl)c2)c1. The van der Waals surface area contributed by atoms with Gasteiger partial charge in [0.15, 0.2) is 0 Å². The van der Waals surface area contributed by atoms with Gasteiger partial charge < -0.3 is 10.2 Å². The number of nitrogens with one attached hydrogen (secondary N) is 1. The molecule has 2 aromatic carbocycles. The van der Waals surface area contributed by atoms with Crippen LogP contribution in [0.5, 0.6) is 5.75 Å². The van der Waals surface area contributed by atoms with Crippen LogP contribution in [0.25, 0.3) is 6.08 Å². The molecule has 0 aliphatic heterocycles. The fraction of sp³-hybridized carbons (Fsp3) is 0.111. The number of phenolic OH excluding ortho intramolecular Hbond substituents is 1. The van der Waals surface area contributed by atoms with Gasteiger partial charge in [0.2, 0.25) is 0 Å². The predicted octanol–water partition coefficient (Wildman–Crippen LogP) is 3.20. The summed E-state index contributed by atoms with van der Waals surface area (Å²) in [6, 6.07) is 11.6. The first-order valence-electron chi connectivity index (χ1n) is 7.24. The zero-order valence-corrected chi connectivity index (χ0v) is 13.7. The summed E-state index contributed by atoms with van der Waals surface area (Å²) in [6.07, 6.45) is 4.48.